The Morgan fingerprint density at radius 3 is 2.66 bits per heavy atom. The predicted octanol–water partition coefficient (Wildman–Crippen LogP) is 2.32. The maximum atomic E-state index is 13.0. The Morgan fingerprint density at radius 1 is 1.14 bits per heavy atom. The minimum atomic E-state index is -3.60. The molecule has 1 fully saturated rings. The van der Waals surface area contributed by atoms with Crippen LogP contribution < -0.4 is 31.0 Å². The van der Waals surface area contributed by atoms with E-state index in [0.717, 1.165) is 24.1 Å². The molecule has 11 nitrogen and oxygen atoms in total. The van der Waals surface area contributed by atoms with Crippen molar-refractivity contribution in [2.24, 2.45) is 0 Å². The standard InChI is InChI=1S/C23H24N6O5S/c1-13-18(12-26-23-20(13)24-10-11-34-23)28-17-8-9-25-21(30)19(17)22(31)27-14-4-6-16(7-5-14)35(32,33)29-15-2-3-15/h4-9,12,15,24,29H,2-3,10-11H2,1H3,(H,27,31)(H2,25,28,30). The Bertz CT molecular complexity index is 1450. The fourth-order valence-corrected chi connectivity index (χ4v) is 5.00. The molecule has 5 N–H and O–H groups in total. The number of amides is 1. The molecular weight excluding hydrogens is 472 g/mol. The fraction of sp³-hybridized carbons (Fsp3) is 0.261. The highest BCUT2D eigenvalue weighted by Crippen LogP contribution is 2.34. The van der Waals surface area contributed by atoms with Gasteiger partial charge in [0.15, 0.2) is 0 Å². The number of fused-ring (bicyclic) bond motifs is 1. The highest BCUT2D eigenvalue weighted by molar-refractivity contribution is 7.89. The van der Waals surface area contributed by atoms with Gasteiger partial charge in [0.2, 0.25) is 15.9 Å². The molecule has 1 aliphatic heterocycles. The van der Waals surface area contributed by atoms with Crippen molar-refractivity contribution in [3.8, 4) is 5.88 Å². The summed E-state index contributed by atoms with van der Waals surface area (Å²) in [6.45, 7) is 3.05. The molecule has 0 atom stereocenters. The van der Waals surface area contributed by atoms with E-state index in [9.17, 15) is 18.0 Å². The Hall–Kier alpha value is -3.90. The van der Waals surface area contributed by atoms with Crippen molar-refractivity contribution < 1.29 is 17.9 Å². The summed E-state index contributed by atoms with van der Waals surface area (Å²) in [7, 11) is -3.60. The van der Waals surface area contributed by atoms with Crippen LogP contribution in [0.1, 0.15) is 28.8 Å². The van der Waals surface area contributed by atoms with Gasteiger partial charge < -0.3 is 25.7 Å². The van der Waals surface area contributed by atoms with E-state index in [1.54, 1.807) is 12.3 Å². The van der Waals surface area contributed by atoms with Crippen LogP contribution in [0.15, 0.2) is 52.4 Å². The third-order valence-electron chi connectivity index (χ3n) is 5.73. The van der Waals surface area contributed by atoms with E-state index in [4.69, 9.17) is 4.74 Å². The summed E-state index contributed by atoms with van der Waals surface area (Å²) in [4.78, 5) is 32.6. The number of nitrogens with zero attached hydrogens (tertiary/aromatic N) is 1. The maximum Gasteiger partial charge on any atom is 0.263 e. The Morgan fingerprint density at radius 2 is 1.91 bits per heavy atom. The number of anilines is 4. The molecule has 1 aliphatic carbocycles. The van der Waals surface area contributed by atoms with Gasteiger partial charge in [-0.05, 0) is 50.1 Å². The SMILES string of the molecule is Cc1c(Nc2cc[nH]c(=O)c2C(=O)Nc2ccc(S(=O)(=O)NC3CC3)cc2)cnc2c1NCCO2. The van der Waals surface area contributed by atoms with Crippen molar-refractivity contribution in [2.45, 2.75) is 30.7 Å². The summed E-state index contributed by atoms with van der Waals surface area (Å²) in [5.41, 5.74) is 2.13. The van der Waals surface area contributed by atoms with Crippen LogP contribution in [0.4, 0.5) is 22.7 Å². The highest BCUT2D eigenvalue weighted by Gasteiger charge is 2.28. The largest absolute Gasteiger partial charge is 0.474 e. The number of hydrogen-bond donors (Lipinski definition) is 5. The van der Waals surface area contributed by atoms with Crippen LogP contribution in [0.2, 0.25) is 0 Å². The third kappa shape index (κ3) is 4.84. The van der Waals surface area contributed by atoms with Crippen molar-refractivity contribution in [1.82, 2.24) is 14.7 Å². The minimum Gasteiger partial charge on any atom is -0.474 e. The zero-order valence-corrected chi connectivity index (χ0v) is 19.7. The smallest absolute Gasteiger partial charge is 0.263 e. The lowest BCUT2D eigenvalue weighted by molar-refractivity contribution is 0.102. The van der Waals surface area contributed by atoms with Crippen LogP contribution in [0.25, 0.3) is 0 Å². The van der Waals surface area contributed by atoms with Gasteiger partial charge in [-0.1, -0.05) is 0 Å². The topological polar surface area (TPSA) is 154 Å². The molecule has 3 heterocycles. The summed E-state index contributed by atoms with van der Waals surface area (Å²) in [6, 6.07) is 7.35. The van der Waals surface area contributed by atoms with Crippen molar-refractivity contribution >= 4 is 38.7 Å². The highest BCUT2D eigenvalue weighted by atomic mass is 32.2. The number of pyridine rings is 2. The second kappa shape index (κ2) is 9.04. The number of benzene rings is 1. The van der Waals surface area contributed by atoms with Gasteiger partial charge in [-0.25, -0.2) is 18.1 Å². The number of nitrogens with one attached hydrogen (secondary N) is 5. The molecular formula is C23H24N6O5S. The molecule has 12 heteroatoms. The van der Waals surface area contributed by atoms with Gasteiger partial charge in [0.05, 0.1) is 22.5 Å². The molecule has 5 rings (SSSR count). The lowest BCUT2D eigenvalue weighted by Gasteiger charge is -2.22. The number of H-pyrrole nitrogens is 1. The van der Waals surface area contributed by atoms with E-state index >= 15 is 0 Å². The minimum absolute atomic E-state index is 0.00707. The molecule has 0 radical (unpaired) electrons. The molecule has 0 saturated heterocycles. The van der Waals surface area contributed by atoms with Crippen LogP contribution in [-0.2, 0) is 10.0 Å². The number of sulfonamides is 1. The second-order valence-corrected chi connectivity index (χ2v) is 10.1. The van der Waals surface area contributed by atoms with Gasteiger partial charge in [0.25, 0.3) is 11.5 Å². The van der Waals surface area contributed by atoms with Crippen molar-refractivity contribution in [2.75, 3.05) is 29.1 Å². The first kappa shape index (κ1) is 22.9. The predicted molar refractivity (Wildman–Crippen MR) is 131 cm³/mol. The van der Waals surface area contributed by atoms with Gasteiger partial charge in [-0.2, -0.15) is 0 Å². The van der Waals surface area contributed by atoms with Gasteiger partial charge in [-0.3, -0.25) is 9.59 Å². The summed E-state index contributed by atoms with van der Waals surface area (Å²) in [5.74, 6) is -0.146. The number of carbonyl (C=O) groups excluding carboxylic acids is 1. The number of aromatic amines is 1. The monoisotopic (exact) mass is 496 g/mol. The molecule has 0 bridgehead atoms. The van der Waals surface area contributed by atoms with Gasteiger partial charge in [-0.15, -0.1) is 0 Å². The Balaban J connectivity index is 1.37. The summed E-state index contributed by atoms with van der Waals surface area (Å²) >= 11 is 0. The average molecular weight is 497 g/mol. The zero-order chi connectivity index (χ0) is 24.6. The fourth-order valence-electron chi connectivity index (χ4n) is 3.70. The van der Waals surface area contributed by atoms with Crippen molar-refractivity contribution in [3.63, 3.8) is 0 Å². The van der Waals surface area contributed by atoms with Gasteiger partial charge in [0.1, 0.15) is 17.9 Å². The molecule has 0 spiro atoms. The molecule has 0 unspecified atom stereocenters. The molecule has 2 aliphatic rings. The van der Waals surface area contributed by atoms with E-state index in [2.05, 4.69) is 30.6 Å². The summed E-state index contributed by atoms with van der Waals surface area (Å²) in [5, 5.41) is 9.03. The van der Waals surface area contributed by atoms with Crippen LogP contribution >= 0.6 is 0 Å². The van der Waals surface area contributed by atoms with Crippen molar-refractivity contribution in [3.05, 3.63) is 64.2 Å². The number of rotatable bonds is 7. The van der Waals surface area contributed by atoms with Gasteiger partial charge in [0, 0.05) is 30.0 Å². The number of carbonyl (C=O) groups is 1. The number of aromatic nitrogens is 2. The third-order valence-corrected chi connectivity index (χ3v) is 7.26. The van der Waals surface area contributed by atoms with Crippen molar-refractivity contribution in [1.29, 1.82) is 0 Å². The second-order valence-electron chi connectivity index (χ2n) is 8.35. The molecule has 182 valence electrons. The number of hydrogen-bond acceptors (Lipinski definition) is 8. The summed E-state index contributed by atoms with van der Waals surface area (Å²) in [6.07, 6.45) is 4.69. The van der Waals surface area contributed by atoms with Crippen LogP contribution in [0.3, 0.4) is 0 Å². The average Bonchev–Trinajstić information content (AvgIpc) is 3.65. The summed E-state index contributed by atoms with van der Waals surface area (Å²) < 4.78 is 32.9. The lowest BCUT2D eigenvalue weighted by atomic mass is 10.1. The normalized spacial score (nSPS) is 14.9. The zero-order valence-electron chi connectivity index (χ0n) is 18.8. The molecule has 2 aromatic heterocycles. The first-order valence-corrected chi connectivity index (χ1v) is 12.6. The first-order chi connectivity index (χ1) is 16.8. The van der Waals surface area contributed by atoms with E-state index < -0.39 is 21.5 Å². The van der Waals surface area contributed by atoms with Crippen LogP contribution in [0.5, 0.6) is 5.88 Å². The van der Waals surface area contributed by atoms with Crippen LogP contribution in [0, 0.1) is 6.92 Å². The van der Waals surface area contributed by atoms with E-state index in [1.807, 2.05) is 6.92 Å². The first-order valence-electron chi connectivity index (χ1n) is 11.1. The molecule has 1 amide bonds. The Labute approximate surface area is 201 Å². The molecule has 3 aromatic rings. The van der Waals surface area contributed by atoms with Crippen LogP contribution in [-0.4, -0.2) is 43.5 Å². The maximum absolute atomic E-state index is 13.0. The van der Waals surface area contributed by atoms with E-state index in [0.29, 0.717) is 36.1 Å². The lowest BCUT2D eigenvalue weighted by Crippen LogP contribution is -2.26. The Kier molecular flexibility index (Phi) is 5.91. The van der Waals surface area contributed by atoms with Gasteiger partial charge >= 0.3 is 0 Å². The van der Waals surface area contributed by atoms with E-state index in [1.165, 1.54) is 30.5 Å². The molecule has 35 heavy (non-hydrogen) atoms. The molecule has 1 saturated carbocycles. The number of ether oxygens (including phenoxy) is 1. The van der Waals surface area contributed by atoms with E-state index in [-0.39, 0.29) is 16.5 Å². The molecule has 1 aromatic carbocycles. The quantitative estimate of drug-likeness (QED) is 0.334.